The second kappa shape index (κ2) is 5.13. The smallest absolute Gasteiger partial charge is 0.258 e. The molecule has 1 amide bonds. The predicted octanol–water partition coefficient (Wildman–Crippen LogP) is 2.53. The van der Waals surface area contributed by atoms with Gasteiger partial charge in [0.15, 0.2) is 11.5 Å². The minimum Gasteiger partial charge on any atom is -0.493 e. The van der Waals surface area contributed by atoms with E-state index in [1.165, 1.54) is 0 Å². The number of hydrogen-bond donors (Lipinski definition) is 1. The number of hydrogen-bond acceptors (Lipinski definition) is 4. The molecular weight excluding hydrogens is 294 g/mol. The van der Waals surface area contributed by atoms with Crippen LogP contribution in [0.2, 0.25) is 0 Å². The quantitative estimate of drug-likeness (QED) is 0.910. The third-order valence-corrected chi connectivity index (χ3v) is 5.94. The number of nitrogens with zero attached hydrogens (tertiary/aromatic N) is 1. The molecule has 1 aliphatic carbocycles. The SMILES string of the molecule is COc1ccc2c(c1OC)C(=O)N1CCC3(O)CCCCC3C21. The molecule has 0 bridgehead atoms. The van der Waals surface area contributed by atoms with E-state index in [4.69, 9.17) is 9.47 Å². The minimum absolute atomic E-state index is 0.00775. The zero-order chi connectivity index (χ0) is 16.2. The van der Waals surface area contributed by atoms with Crippen molar-refractivity contribution in [1.82, 2.24) is 4.90 Å². The minimum atomic E-state index is -0.630. The molecule has 0 spiro atoms. The number of rotatable bonds is 2. The van der Waals surface area contributed by atoms with Crippen molar-refractivity contribution in [2.75, 3.05) is 20.8 Å². The number of aliphatic hydroxyl groups is 1. The van der Waals surface area contributed by atoms with Crippen LogP contribution in [-0.2, 0) is 0 Å². The van der Waals surface area contributed by atoms with Gasteiger partial charge < -0.3 is 19.5 Å². The summed E-state index contributed by atoms with van der Waals surface area (Å²) in [4.78, 5) is 14.9. The summed E-state index contributed by atoms with van der Waals surface area (Å²) < 4.78 is 10.8. The molecule has 124 valence electrons. The molecule has 1 saturated heterocycles. The van der Waals surface area contributed by atoms with E-state index in [1.54, 1.807) is 14.2 Å². The normalized spacial score (nSPS) is 32.1. The fourth-order valence-corrected chi connectivity index (χ4v) is 4.85. The van der Waals surface area contributed by atoms with Gasteiger partial charge in [-0.2, -0.15) is 0 Å². The molecule has 3 unspecified atom stereocenters. The van der Waals surface area contributed by atoms with Gasteiger partial charge in [0.05, 0.1) is 31.4 Å². The first-order valence-electron chi connectivity index (χ1n) is 8.39. The van der Waals surface area contributed by atoms with Crippen molar-refractivity contribution in [2.24, 2.45) is 5.92 Å². The van der Waals surface area contributed by atoms with E-state index in [0.29, 0.717) is 30.0 Å². The van der Waals surface area contributed by atoms with Crippen LogP contribution in [0.4, 0.5) is 0 Å². The van der Waals surface area contributed by atoms with Crippen LogP contribution in [0, 0.1) is 5.92 Å². The average molecular weight is 317 g/mol. The monoisotopic (exact) mass is 317 g/mol. The summed E-state index contributed by atoms with van der Waals surface area (Å²) in [7, 11) is 3.15. The lowest BCUT2D eigenvalue weighted by Gasteiger charge is -2.50. The first kappa shape index (κ1) is 14.8. The Morgan fingerprint density at radius 3 is 2.78 bits per heavy atom. The molecule has 3 aliphatic rings. The van der Waals surface area contributed by atoms with Crippen molar-refractivity contribution in [1.29, 1.82) is 0 Å². The fourth-order valence-electron chi connectivity index (χ4n) is 4.85. The molecule has 1 saturated carbocycles. The number of methoxy groups -OCH3 is 2. The van der Waals surface area contributed by atoms with Crippen molar-refractivity contribution >= 4 is 5.91 Å². The number of fused-ring (bicyclic) bond motifs is 5. The third-order valence-electron chi connectivity index (χ3n) is 5.94. The molecule has 5 heteroatoms. The molecule has 23 heavy (non-hydrogen) atoms. The lowest BCUT2D eigenvalue weighted by atomic mass is 9.67. The van der Waals surface area contributed by atoms with Crippen LogP contribution in [0.3, 0.4) is 0 Å². The molecule has 3 atom stereocenters. The lowest BCUT2D eigenvalue weighted by molar-refractivity contribution is -0.111. The van der Waals surface area contributed by atoms with Crippen LogP contribution in [0.5, 0.6) is 11.5 Å². The van der Waals surface area contributed by atoms with E-state index in [9.17, 15) is 9.90 Å². The second-order valence-electron chi connectivity index (χ2n) is 6.91. The Morgan fingerprint density at radius 2 is 2.04 bits per heavy atom. The summed E-state index contributed by atoms with van der Waals surface area (Å²) in [6.07, 6.45) is 4.69. The van der Waals surface area contributed by atoms with Gasteiger partial charge in [-0.05, 0) is 30.9 Å². The van der Waals surface area contributed by atoms with Crippen LogP contribution in [0.1, 0.15) is 54.1 Å². The number of amides is 1. The van der Waals surface area contributed by atoms with Crippen LogP contribution in [0.25, 0.3) is 0 Å². The Kier molecular flexibility index (Phi) is 3.30. The Labute approximate surface area is 136 Å². The maximum atomic E-state index is 13.0. The lowest BCUT2D eigenvalue weighted by Crippen LogP contribution is -2.54. The van der Waals surface area contributed by atoms with Gasteiger partial charge in [0, 0.05) is 12.5 Å². The van der Waals surface area contributed by atoms with E-state index in [0.717, 1.165) is 31.2 Å². The number of carbonyl (C=O) groups is 1. The van der Waals surface area contributed by atoms with Crippen LogP contribution >= 0.6 is 0 Å². The standard InChI is InChI=1S/C18H23NO4/c1-22-13-7-6-11-14(16(13)23-2)17(20)19-10-9-18(21)8-4-3-5-12(18)15(11)19/h6-7,12,15,21H,3-5,8-10H2,1-2H3. The van der Waals surface area contributed by atoms with Gasteiger partial charge in [0.25, 0.3) is 5.91 Å². The van der Waals surface area contributed by atoms with Crippen LogP contribution in [0.15, 0.2) is 12.1 Å². The zero-order valence-corrected chi connectivity index (χ0v) is 13.7. The summed E-state index contributed by atoms with van der Waals surface area (Å²) in [5.74, 6) is 1.23. The summed E-state index contributed by atoms with van der Waals surface area (Å²) in [5.41, 5.74) is 0.971. The highest BCUT2D eigenvalue weighted by Gasteiger charge is 2.54. The molecule has 5 nitrogen and oxygen atoms in total. The molecule has 2 heterocycles. The van der Waals surface area contributed by atoms with Gasteiger partial charge in [0.1, 0.15) is 0 Å². The van der Waals surface area contributed by atoms with E-state index in [-0.39, 0.29) is 17.9 Å². The molecule has 4 rings (SSSR count). The molecule has 1 N–H and O–H groups in total. The third kappa shape index (κ3) is 1.92. The number of carbonyl (C=O) groups excluding carboxylic acids is 1. The summed E-state index contributed by atoms with van der Waals surface area (Å²) in [6, 6.07) is 3.81. The molecular formula is C18H23NO4. The average Bonchev–Trinajstić information content (AvgIpc) is 2.86. The van der Waals surface area contributed by atoms with Gasteiger partial charge in [-0.1, -0.05) is 18.9 Å². The van der Waals surface area contributed by atoms with Gasteiger partial charge in [-0.3, -0.25) is 4.79 Å². The highest BCUT2D eigenvalue weighted by Crippen LogP contribution is 2.55. The van der Waals surface area contributed by atoms with E-state index in [2.05, 4.69) is 0 Å². The Hall–Kier alpha value is -1.75. The molecule has 2 fully saturated rings. The largest absolute Gasteiger partial charge is 0.493 e. The first-order chi connectivity index (χ1) is 11.1. The van der Waals surface area contributed by atoms with E-state index in [1.807, 2.05) is 17.0 Å². The summed E-state index contributed by atoms with van der Waals surface area (Å²) in [6.45, 7) is 0.608. The molecule has 0 radical (unpaired) electrons. The van der Waals surface area contributed by atoms with E-state index >= 15 is 0 Å². The Bertz CT molecular complexity index is 659. The number of benzene rings is 1. The zero-order valence-electron chi connectivity index (χ0n) is 13.7. The number of ether oxygens (including phenoxy) is 2. The maximum absolute atomic E-state index is 13.0. The second-order valence-corrected chi connectivity index (χ2v) is 6.91. The summed E-state index contributed by atoms with van der Waals surface area (Å²) in [5, 5.41) is 11.1. The van der Waals surface area contributed by atoms with Crippen molar-refractivity contribution in [2.45, 2.75) is 43.7 Å². The molecule has 2 aliphatic heterocycles. The molecule has 0 aromatic heterocycles. The van der Waals surface area contributed by atoms with Gasteiger partial charge in [-0.25, -0.2) is 0 Å². The Balaban J connectivity index is 1.85. The van der Waals surface area contributed by atoms with Gasteiger partial charge >= 0.3 is 0 Å². The van der Waals surface area contributed by atoms with E-state index < -0.39 is 5.60 Å². The fraction of sp³-hybridized carbons (Fsp3) is 0.611. The van der Waals surface area contributed by atoms with Crippen molar-refractivity contribution < 1.29 is 19.4 Å². The summed E-state index contributed by atoms with van der Waals surface area (Å²) >= 11 is 0. The van der Waals surface area contributed by atoms with Crippen molar-refractivity contribution in [3.8, 4) is 11.5 Å². The van der Waals surface area contributed by atoms with Crippen LogP contribution in [-0.4, -0.2) is 42.3 Å². The van der Waals surface area contributed by atoms with Crippen molar-refractivity contribution in [3.05, 3.63) is 23.3 Å². The topological polar surface area (TPSA) is 59.0 Å². The first-order valence-corrected chi connectivity index (χ1v) is 8.39. The van der Waals surface area contributed by atoms with Gasteiger partial charge in [0.2, 0.25) is 0 Å². The molecule has 1 aromatic rings. The van der Waals surface area contributed by atoms with Crippen LogP contribution < -0.4 is 9.47 Å². The predicted molar refractivity (Wildman–Crippen MR) is 84.8 cm³/mol. The molecule has 1 aromatic carbocycles. The maximum Gasteiger partial charge on any atom is 0.258 e. The highest BCUT2D eigenvalue weighted by atomic mass is 16.5. The van der Waals surface area contributed by atoms with Crippen molar-refractivity contribution in [3.63, 3.8) is 0 Å². The highest BCUT2D eigenvalue weighted by molar-refractivity contribution is 6.02. The Morgan fingerprint density at radius 1 is 1.22 bits per heavy atom. The number of piperidine rings is 1. The van der Waals surface area contributed by atoms with Gasteiger partial charge in [-0.15, -0.1) is 0 Å².